The van der Waals surface area contributed by atoms with E-state index < -0.39 is 0 Å². The number of hydrogen-bond donors (Lipinski definition) is 2. The fourth-order valence-corrected chi connectivity index (χ4v) is 3.46. The van der Waals surface area contributed by atoms with Crippen molar-refractivity contribution in [3.8, 4) is 0 Å². The van der Waals surface area contributed by atoms with Crippen LogP contribution in [-0.2, 0) is 17.7 Å². The first-order valence-corrected chi connectivity index (χ1v) is 9.30. The fraction of sp³-hybridized carbons (Fsp3) is 0.409. The Hall–Kier alpha value is -2.08. The van der Waals surface area contributed by atoms with Crippen LogP contribution in [-0.4, -0.2) is 36.8 Å². The van der Waals surface area contributed by atoms with Crippen molar-refractivity contribution in [3.63, 3.8) is 0 Å². The fourth-order valence-electron chi connectivity index (χ4n) is 3.46. The van der Waals surface area contributed by atoms with E-state index in [4.69, 9.17) is 4.74 Å². The second-order valence-electron chi connectivity index (χ2n) is 7.20. The SMILES string of the molecule is Cc1c(CNC2COCCC2O)ccc(Cc2ccc(C=O)cc2F)c1C. The van der Waals surface area contributed by atoms with Gasteiger partial charge in [-0.15, -0.1) is 0 Å². The van der Waals surface area contributed by atoms with Crippen LogP contribution in [0.1, 0.15) is 44.6 Å². The van der Waals surface area contributed by atoms with Crippen LogP contribution >= 0.6 is 0 Å². The third-order valence-corrected chi connectivity index (χ3v) is 5.48. The first-order chi connectivity index (χ1) is 13.0. The van der Waals surface area contributed by atoms with E-state index in [9.17, 15) is 14.3 Å². The zero-order valence-corrected chi connectivity index (χ0v) is 15.8. The van der Waals surface area contributed by atoms with E-state index in [0.29, 0.717) is 50.0 Å². The van der Waals surface area contributed by atoms with Crippen molar-refractivity contribution >= 4 is 6.29 Å². The largest absolute Gasteiger partial charge is 0.391 e. The lowest BCUT2D eigenvalue weighted by molar-refractivity contribution is -0.0160. The van der Waals surface area contributed by atoms with Crippen molar-refractivity contribution in [2.45, 2.75) is 45.4 Å². The topological polar surface area (TPSA) is 58.6 Å². The van der Waals surface area contributed by atoms with Gasteiger partial charge in [0.05, 0.1) is 18.8 Å². The number of halogens is 1. The van der Waals surface area contributed by atoms with Crippen LogP contribution in [0.5, 0.6) is 0 Å². The molecule has 27 heavy (non-hydrogen) atoms. The number of ether oxygens (including phenoxy) is 1. The van der Waals surface area contributed by atoms with Gasteiger partial charge >= 0.3 is 0 Å². The molecule has 1 fully saturated rings. The smallest absolute Gasteiger partial charge is 0.150 e. The summed E-state index contributed by atoms with van der Waals surface area (Å²) < 4.78 is 19.6. The molecule has 3 rings (SSSR count). The zero-order valence-electron chi connectivity index (χ0n) is 15.8. The van der Waals surface area contributed by atoms with Gasteiger partial charge in [-0.05, 0) is 54.2 Å². The Morgan fingerprint density at radius 1 is 1.19 bits per heavy atom. The van der Waals surface area contributed by atoms with Crippen LogP contribution in [0.15, 0.2) is 30.3 Å². The van der Waals surface area contributed by atoms with Crippen molar-refractivity contribution in [3.05, 3.63) is 69.5 Å². The standard InChI is InChI=1S/C22H26FNO3/c1-14-15(2)19(11-24-21-13-27-8-7-22(21)26)6-5-17(14)10-18-4-3-16(12-25)9-20(18)23/h3-6,9,12,21-22,24,26H,7-8,10-11,13H2,1-2H3. The molecule has 0 bridgehead atoms. The number of carbonyl (C=O) groups excluding carboxylic acids is 1. The predicted molar refractivity (Wildman–Crippen MR) is 103 cm³/mol. The molecule has 0 aromatic heterocycles. The minimum absolute atomic E-state index is 0.0523. The second kappa shape index (κ2) is 8.74. The Morgan fingerprint density at radius 3 is 2.59 bits per heavy atom. The van der Waals surface area contributed by atoms with Gasteiger partial charge in [-0.1, -0.05) is 24.3 Å². The number of carbonyl (C=O) groups is 1. The highest BCUT2D eigenvalue weighted by Gasteiger charge is 2.23. The molecular formula is C22H26FNO3. The van der Waals surface area contributed by atoms with Gasteiger partial charge in [0.15, 0.2) is 0 Å². The molecule has 0 radical (unpaired) electrons. The third kappa shape index (κ3) is 4.61. The van der Waals surface area contributed by atoms with Gasteiger partial charge in [0.25, 0.3) is 0 Å². The molecule has 0 spiro atoms. The van der Waals surface area contributed by atoms with Gasteiger partial charge in [0.2, 0.25) is 0 Å². The molecule has 1 aliphatic heterocycles. The Labute approximate surface area is 159 Å². The molecule has 2 aromatic carbocycles. The van der Waals surface area contributed by atoms with Crippen LogP contribution in [0.4, 0.5) is 4.39 Å². The van der Waals surface area contributed by atoms with Gasteiger partial charge in [-0.3, -0.25) is 4.79 Å². The summed E-state index contributed by atoms with van der Waals surface area (Å²) in [4.78, 5) is 10.8. The van der Waals surface area contributed by atoms with Crippen LogP contribution in [0.25, 0.3) is 0 Å². The molecule has 1 aliphatic rings. The van der Waals surface area contributed by atoms with Gasteiger partial charge in [-0.2, -0.15) is 0 Å². The molecule has 1 heterocycles. The number of nitrogens with one attached hydrogen (secondary N) is 1. The van der Waals surface area contributed by atoms with Crippen molar-refractivity contribution in [2.75, 3.05) is 13.2 Å². The van der Waals surface area contributed by atoms with E-state index in [-0.39, 0.29) is 18.0 Å². The predicted octanol–water partition coefficient (Wildman–Crippen LogP) is 3.09. The lowest BCUT2D eigenvalue weighted by Crippen LogP contribution is -2.46. The highest BCUT2D eigenvalue weighted by Crippen LogP contribution is 2.22. The number of aldehydes is 1. The maximum atomic E-state index is 14.2. The number of rotatable bonds is 6. The third-order valence-electron chi connectivity index (χ3n) is 5.48. The van der Waals surface area contributed by atoms with E-state index in [1.165, 1.54) is 6.07 Å². The molecule has 2 aromatic rings. The van der Waals surface area contributed by atoms with Crippen molar-refractivity contribution < 1.29 is 19.0 Å². The molecule has 2 atom stereocenters. The quantitative estimate of drug-likeness (QED) is 0.766. The summed E-state index contributed by atoms with van der Waals surface area (Å²) in [5.74, 6) is -0.353. The minimum atomic E-state index is -0.378. The van der Waals surface area contributed by atoms with E-state index in [1.807, 2.05) is 13.0 Å². The first-order valence-electron chi connectivity index (χ1n) is 9.30. The number of aliphatic hydroxyl groups excluding tert-OH is 1. The van der Waals surface area contributed by atoms with Crippen molar-refractivity contribution in [1.82, 2.24) is 5.32 Å². The molecule has 4 nitrogen and oxygen atoms in total. The van der Waals surface area contributed by atoms with Gasteiger partial charge in [-0.25, -0.2) is 4.39 Å². The average molecular weight is 371 g/mol. The molecule has 0 amide bonds. The molecule has 144 valence electrons. The summed E-state index contributed by atoms with van der Waals surface area (Å²) in [7, 11) is 0. The summed E-state index contributed by atoms with van der Waals surface area (Å²) in [5.41, 5.74) is 5.45. The van der Waals surface area contributed by atoms with Crippen LogP contribution in [0.2, 0.25) is 0 Å². The van der Waals surface area contributed by atoms with Crippen LogP contribution < -0.4 is 5.32 Å². The Balaban J connectivity index is 1.72. The summed E-state index contributed by atoms with van der Waals surface area (Å²) in [6.07, 6.45) is 1.42. The molecule has 5 heteroatoms. The van der Waals surface area contributed by atoms with E-state index in [0.717, 1.165) is 22.3 Å². The monoisotopic (exact) mass is 371 g/mol. The average Bonchev–Trinajstić information content (AvgIpc) is 2.67. The summed E-state index contributed by atoms with van der Waals surface area (Å²) in [6, 6.07) is 8.62. The molecular weight excluding hydrogens is 345 g/mol. The number of benzene rings is 2. The maximum absolute atomic E-state index is 14.2. The van der Waals surface area contributed by atoms with Crippen LogP contribution in [0.3, 0.4) is 0 Å². The number of hydrogen-bond acceptors (Lipinski definition) is 4. The minimum Gasteiger partial charge on any atom is -0.391 e. The maximum Gasteiger partial charge on any atom is 0.150 e. The van der Waals surface area contributed by atoms with E-state index in [2.05, 4.69) is 18.3 Å². The first kappa shape index (κ1) is 19.7. The highest BCUT2D eigenvalue weighted by atomic mass is 19.1. The number of aliphatic hydroxyl groups is 1. The normalized spacial score (nSPS) is 19.9. The molecule has 2 N–H and O–H groups in total. The molecule has 2 unspecified atom stereocenters. The van der Waals surface area contributed by atoms with Gasteiger partial charge in [0.1, 0.15) is 12.1 Å². The Kier molecular flexibility index (Phi) is 6.37. The zero-order chi connectivity index (χ0) is 19.4. The lowest BCUT2D eigenvalue weighted by Gasteiger charge is -2.29. The van der Waals surface area contributed by atoms with E-state index in [1.54, 1.807) is 12.1 Å². The molecule has 0 aliphatic carbocycles. The van der Waals surface area contributed by atoms with Crippen LogP contribution in [0, 0.1) is 19.7 Å². The second-order valence-corrected chi connectivity index (χ2v) is 7.20. The van der Waals surface area contributed by atoms with Crippen molar-refractivity contribution in [1.29, 1.82) is 0 Å². The van der Waals surface area contributed by atoms with Crippen molar-refractivity contribution in [2.24, 2.45) is 0 Å². The lowest BCUT2D eigenvalue weighted by atomic mass is 9.93. The Morgan fingerprint density at radius 2 is 1.89 bits per heavy atom. The molecule has 1 saturated heterocycles. The summed E-state index contributed by atoms with van der Waals surface area (Å²) in [5, 5.41) is 13.4. The van der Waals surface area contributed by atoms with Gasteiger partial charge < -0.3 is 15.2 Å². The molecule has 0 saturated carbocycles. The summed E-state index contributed by atoms with van der Waals surface area (Å²) >= 11 is 0. The van der Waals surface area contributed by atoms with Gasteiger partial charge in [0, 0.05) is 25.1 Å². The Bertz CT molecular complexity index is 821. The highest BCUT2D eigenvalue weighted by molar-refractivity contribution is 5.74. The summed E-state index contributed by atoms with van der Waals surface area (Å²) in [6.45, 7) is 5.89. The van der Waals surface area contributed by atoms with E-state index >= 15 is 0 Å².